The molecular weight excluding hydrogens is 408 g/mol. The molecule has 0 aliphatic rings. The van der Waals surface area contributed by atoms with Crippen molar-refractivity contribution in [3.05, 3.63) is 0 Å². The molecule has 0 aromatic rings. The highest BCUT2D eigenvalue weighted by Crippen LogP contribution is 2.23. The van der Waals surface area contributed by atoms with E-state index in [1.54, 1.807) is 0 Å². The maximum atomic E-state index is 11.8. The van der Waals surface area contributed by atoms with Gasteiger partial charge >= 0.3 is 11.9 Å². The van der Waals surface area contributed by atoms with Crippen LogP contribution in [0.15, 0.2) is 0 Å². The third-order valence-corrected chi connectivity index (χ3v) is 5.21. The van der Waals surface area contributed by atoms with Crippen molar-refractivity contribution in [1.82, 2.24) is 0 Å². The van der Waals surface area contributed by atoms with Gasteiger partial charge in [0.1, 0.15) is 12.2 Å². The Kier molecular flexibility index (Phi) is 15.9. The van der Waals surface area contributed by atoms with Gasteiger partial charge in [-0.05, 0) is 63.2 Å². The second-order valence-corrected chi connectivity index (χ2v) is 11.5. The minimum atomic E-state index is -0.326. The predicted octanol–water partition coefficient (Wildman–Crippen LogP) is 7.49. The van der Waals surface area contributed by atoms with E-state index in [4.69, 9.17) is 19.6 Å². The van der Waals surface area contributed by atoms with Gasteiger partial charge in [0.15, 0.2) is 0 Å². The molecule has 0 aromatic heterocycles. The molecule has 0 amide bonds. The summed E-state index contributed by atoms with van der Waals surface area (Å²) < 4.78 is 0. The van der Waals surface area contributed by atoms with Crippen LogP contribution in [0.1, 0.15) is 132 Å². The minimum Gasteiger partial charge on any atom is -0.298 e. The van der Waals surface area contributed by atoms with Gasteiger partial charge < -0.3 is 0 Å². The maximum absolute atomic E-state index is 11.8. The van der Waals surface area contributed by atoms with E-state index in [1.165, 1.54) is 0 Å². The first-order chi connectivity index (χ1) is 14.8. The van der Waals surface area contributed by atoms with Crippen molar-refractivity contribution < 1.29 is 29.1 Å². The topological polar surface area (TPSA) is 71.1 Å². The number of hydrogen-bond donors (Lipinski definition) is 0. The van der Waals surface area contributed by atoms with Gasteiger partial charge in [0.25, 0.3) is 0 Å². The van der Waals surface area contributed by atoms with Crippen LogP contribution in [0.2, 0.25) is 0 Å². The van der Waals surface area contributed by atoms with E-state index in [9.17, 15) is 9.59 Å². The van der Waals surface area contributed by atoms with E-state index in [-0.39, 0.29) is 24.1 Å². The fourth-order valence-corrected chi connectivity index (χ4v) is 3.12. The first-order valence-electron chi connectivity index (χ1n) is 12.5. The Labute approximate surface area is 196 Å². The average molecular weight is 459 g/mol. The maximum Gasteiger partial charge on any atom is 0.342 e. The van der Waals surface area contributed by atoms with Crippen LogP contribution in [-0.4, -0.2) is 24.1 Å². The van der Waals surface area contributed by atoms with E-state index in [1.807, 2.05) is 13.8 Å². The average Bonchev–Trinajstić information content (AvgIpc) is 2.66. The van der Waals surface area contributed by atoms with Crippen LogP contribution >= 0.6 is 0 Å². The van der Waals surface area contributed by atoms with E-state index in [0.29, 0.717) is 36.5 Å². The fourth-order valence-electron chi connectivity index (χ4n) is 3.12. The zero-order valence-corrected chi connectivity index (χ0v) is 22.1. The summed E-state index contributed by atoms with van der Waals surface area (Å²) in [5.74, 6) is -0.651. The van der Waals surface area contributed by atoms with Crippen LogP contribution < -0.4 is 0 Å². The van der Waals surface area contributed by atoms with Gasteiger partial charge in [-0.15, -0.1) is 0 Å². The van der Waals surface area contributed by atoms with Crippen LogP contribution in [0.4, 0.5) is 0 Å². The Bertz CT molecular complexity index is 457. The first-order valence-corrected chi connectivity index (χ1v) is 12.5. The lowest BCUT2D eigenvalue weighted by molar-refractivity contribution is -0.306. The molecular formula is C26H50O6. The summed E-state index contributed by atoms with van der Waals surface area (Å²) >= 11 is 0. The monoisotopic (exact) mass is 458 g/mol. The van der Waals surface area contributed by atoms with Crippen molar-refractivity contribution in [2.45, 2.75) is 145 Å². The molecule has 0 aliphatic carbocycles. The van der Waals surface area contributed by atoms with Gasteiger partial charge in [-0.25, -0.2) is 9.59 Å². The van der Waals surface area contributed by atoms with Crippen molar-refractivity contribution >= 4 is 11.9 Å². The molecule has 0 spiro atoms. The lowest BCUT2D eigenvalue weighted by Gasteiger charge is -2.17. The number of unbranched alkanes of at least 4 members (excludes halogenated alkanes) is 4. The Hall–Kier alpha value is -1.14. The van der Waals surface area contributed by atoms with Gasteiger partial charge in [-0.2, -0.15) is 9.78 Å². The van der Waals surface area contributed by atoms with Crippen LogP contribution in [0.5, 0.6) is 0 Å². The Balaban J connectivity index is 3.70. The number of carbonyl (C=O) groups is 2. The molecule has 0 saturated carbocycles. The minimum absolute atomic E-state index is 0.246. The molecule has 0 N–H and O–H groups in total. The molecule has 0 saturated heterocycles. The highest BCUT2D eigenvalue weighted by atomic mass is 17.2. The second kappa shape index (κ2) is 16.5. The van der Waals surface area contributed by atoms with Crippen LogP contribution in [0.3, 0.4) is 0 Å². The van der Waals surface area contributed by atoms with Gasteiger partial charge in [-0.1, -0.05) is 67.2 Å². The molecule has 0 radical (unpaired) electrons. The second-order valence-electron chi connectivity index (χ2n) is 11.5. The Morgan fingerprint density at radius 1 is 0.594 bits per heavy atom. The molecule has 2 unspecified atom stereocenters. The molecule has 6 nitrogen and oxygen atoms in total. The highest BCUT2D eigenvalue weighted by Gasteiger charge is 2.15. The van der Waals surface area contributed by atoms with Crippen LogP contribution in [-0.2, 0) is 29.1 Å². The van der Waals surface area contributed by atoms with Crippen LogP contribution in [0.25, 0.3) is 0 Å². The highest BCUT2D eigenvalue weighted by molar-refractivity contribution is 5.68. The largest absolute Gasteiger partial charge is 0.342 e. The molecule has 0 fully saturated rings. The summed E-state index contributed by atoms with van der Waals surface area (Å²) in [5, 5.41) is 0. The normalized spacial score (nSPS) is 14.1. The third-order valence-electron chi connectivity index (χ3n) is 5.21. The molecule has 0 bridgehead atoms. The molecule has 190 valence electrons. The fraction of sp³-hybridized carbons (Fsp3) is 0.923. The third kappa shape index (κ3) is 22.1. The van der Waals surface area contributed by atoms with Gasteiger partial charge in [0.05, 0.1) is 0 Å². The summed E-state index contributed by atoms with van der Waals surface area (Å²) in [7, 11) is 0. The summed E-state index contributed by atoms with van der Waals surface area (Å²) in [4.78, 5) is 43.7. The zero-order valence-electron chi connectivity index (χ0n) is 22.1. The Morgan fingerprint density at radius 2 is 0.938 bits per heavy atom. The van der Waals surface area contributed by atoms with E-state index in [2.05, 4.69) is 41.5 Å². The standard InChI is InChI=1S/C26H50O6/c1-21(29-31-23(27)15-11-9-13-19-25(3,4)5)17-18-22(2)30-32-24(28)16-12-10-14-20-26(6,7)8/h21-22H,9-20H2,1-8H3. The summed E-state index contributed by atoms with van der Waals surface area (Å²) in [6.07, 6.45) is 9.75. The molecule has 32 heavy (non-hydrogen) atoms. The van der Waals surface area contributed by atoms with Crippen molar-refractivity contribution in [2.75, 3.05) is 0 Å². The van der Waals surface area contributed by atoms with E-state index >= 15 is 0 Å². The summed E-state index contributed by atoms with van der Waals surface area (Å²) in [5.41, 5.74) is 0.675. The smallest absolute Gasteiger partial charge is 0.298 e. The summed E-state index contributed by atoms with van der Waals surface area (Å²) in [6, 6.07) is 0. The lowest BCUT2D eigenvalue weighted by atomic mass is 9.89. The molecule has 0 aromatic carbocycles. The van der Waals surface area contributed by atoms with Crippen molar-refractivity contribution in [2.24, 2.45) is 10.8 Å². The summed E-state index contributed by atoms with van der Waals surface area (Å²) in [6.45, 7) is 17.0. The molecule has 2 atom stereocenters. The first kappa shape index (κ1) is 30.9. The predicted molar refractivity (Wildman–Crippen MR) is 128 cm³/mol. The SMILES string of the molecule is CC(CCC(C)OOC(=O)CCCCCC(C)(C)C)OOC(=O)CCCCCC(C)(C)C. The zero-order chi connectivity index (χ0) is 24.6. The van der Waals surface area contributed by atoms with Gasteiger partial charge in [-0.3, -0.25) is 9.78 Å². The Morgan fingerprint density at radius 3 is 1.25 bits per heavy atom. The number of hydrogen-bond acceptors (Lipinski definition) is 6. The van der Waals surface area contributed by atoms with Crippen molar-refractivity contribution in [3.8, 4) is 0 Å². The van der Waals surface area contributed by atoms with E-state index in [0.717, 1.165) is 51.4 Å². The van der Waals surface area contributed by atoms with Crippen molar-refractivity contribution in [1.29, 1.82) is 0 Å². The van der Waals surface area contributed by atoms with Gasteiger partial charge in [0, 0.05) is 12.8 Å². The molecule has 0 rings (SSSR count). The van der Waals surface area contributed by atoms with Gasteiger partial charge in [0.2, 0.25) is 0 Å². The van der Waals surface area contributed by atoms with E-state index < -0.39 is 0 Å². The number of rotatable bonds is 17. The molecule has 6 heteroatoms. The number of carbonyl (C=O) groups excluding carboxylic acids is 2. The molecule has 0 heterocycles. The van der Waals surface area contributed by atoms with Crippen molar-refractivity contribution in [3.63, 3.8) is 0 Å². The quantitative estimate of drug-likeness (QED) is 0.128. The van der Waals surface area contributed by atoms with Crippen LogP contribution in [0, 0.1) is 10.8 Å². The molecule has 0 aliphatic heterocycles. The lowest BCUT2D eigenvalue weighted by Crippen LogP contribution is -2.18.